The first kappa shape index (κ1) is 22.8. The lowest BCUT2D eigenvalue weighted by atomic mass is 10.2. The zero-order chi connectivity index (χ0) is 22.3. The summed E-state index contributed by atoms with van der Waals surface area (Å²) >= 11 is 8.99. The number of rotatable bonds is 8. The first-order chi connectivity index (χ1) is 15.6. The van der Waals surface area contributed by atoms with Crippen LogP contribution < -0.4 is 10.2 Å². The van der Waals surface area contributed by atoms with Gasteiger partial charge in [-0.3, -0.25) is 9.59 Å². The number of halogens is 1. The number of benzene rings is 3. The van der Waals surface area contributed by atoms with E-state index in [1.807, 2.05) is 65.6 Å². The minimum absolute atomic E-state index is 0.0644. The van der Waals surface area contributed by atoms with Gasteiger partial charge in [0.2, 0.25) is 5.91 Å². The minimum atomic E-state index is -0.122. The van der Waals surface area contributed by atoms with Gasteiger partial charge in [0.1, 0.15) is 0 Å². The third-order valence-corrected chi connectivity index (χ3v) is 7.47. The van der Waals surface area contributed by atoms with Crippen LogP contribution in [0.5, 0.6) is 0 Å². The number of carbonyl (C=O) groups excluding carboxylic acids is 2. The molecule has 1 N–H and O–H groups in total. The Morgan fingerprint density at radius 1 is 0.938 bits per heavy atom. The van der Waals surface area contributed by atoms with Gasteiger partial charge in [-0.2, -0.15) is 0 Å². The average molecular weight is 483 g/mol. The molecule has 0 unspecified atom stereocenters. The van der Waals surface area contributed by atoms with E-state index >= 15 is 0 Å². The van der Waals surface area contributed by atoms with Crippen LogP contribution in [0.15, 0.2) is 82.6 Å². The number of carbonyl (C=O) groups is 2. The Morgan fingerprint density at radius 3 is 2.53 bits per heavy atom. The molecule has 0 saturated carbocycles. The molecule has 164 valence electrons. The highest BCUT2D eigenvalue weighted by Crippen LogP contribution is 2.29. The van der Waals surface area contributed by atoms with E-state index in [1.165, 1.54) is 17.3 Å². The number of fused-ring (bicyclic) bond motifs is 1. The third kappa shape index (κ3) is 5.68. The fraction of sp³-hybridized carbons (Fsp3) is 0.200. The van der Waals surface area contributed by atoms with Crippen molar-refractivity contribution in [1.29, 1.82) is 0 Å². The molecule has 32 heavy (non-hydrogen) atoms. The molecule has 0 aromatic heterocycles. The molecule has 1 aliphatic rings. The molecule has 1 aliphatic heterocycles. The predicted octanol–water partition coefficient (Wildman–Crippen LogP) is 5.54. The van der Waals surface area contributed by atoms with Crippen LogP contribution in [0, 0.1) is 0 Å². The summed E-state index contributed by atoms with van der Waals surface area (Å²) in [6.45, 7) is 1.26. The maximum Gasteiger partial charge on any atom is 0.252 e. The van der Waals surface area contributed by atoms with E-state index < -0.39 is 0 Å². The van der Waals surface area contributed by atoms with Gasteiger partial charge in [-0.25, -0.2) is 0 Å². The number of anilines is 1. The van der Waals surface area contributed by atoms with Crippen molar-refractivity contribution in [1.82, 2.24) is 5.32 Å². The molecule has 3 aromatic rings. The quantitative estimate of drug-likeness (QED) is 0.338. The second kappa shape index (κ2) is 10.9. The van der Waals surface area contributed by atoms with Crippen LogP contribution in [0.25, 0.3) is 0 Å². The Labute approximate surface area is 201 Å². The summed E-state index contributed by atoms with van der Waals surface area (Å²) in [7, 11) is 0. The van der Waals surface area contributed by atoms with E-state index in [0.29, 0.717) is 29.4 Å². The SMILES string of the molecule is O=C(NCCSc1ccc(Cl)cc1)c1ccccc1SCC(=O)N1CCc2ccccc21. The second-order valence-electron chi connectivity index (χ2n) is 7.27. The number of nitrogens with one attached hydrogen (secondary N) is 1. The van der Waals surface area contributed by atoms with Gasteiger partial charge in [0.25, 0.3) is 5.91 Å². The van der Waals surface area contributed by atoms with Gasteiger partial charge in [-0.05, 0) is 54.4 Å². The number of nitrogens with zero attached hydrogens (tertiary/aromatic N) is 1. The van der Waals surface area contributed by atoms with Gasteiger partial charge in [-0.1, -0.05) is 41.9 Å². The number of para-hydroxylation sites is 1. The minimum Gasteiger partial charge on any atom is -0.351 e. The van der Waals surface area contributed by atoms with Crippen LogP contribution >= 0.6 is 35.1 Å². The normalized spacial score (nSPS) is 12.5. The lowest BCUT2D eigenvalue weighted by Gasteiger charge is -2.17. The van der Waals surface area contributed by atoms with Crippen molar-refractivity contribution < 1.29 is 9.59 Å². The van der Waals surface area contributed by atoms with Gasteiger partial charge in [0, 0.05) is 39.3 Å². The molecule has 1 heterocycles. The number of hydrogen-bond acceptors (Lipinski definition) is 4. The van der Waals surface area contributed by atoms with Gasteiger partial charge in [0.15, 0.2) is 0 Å². The molecule has 4 nitrogen and oxygen atoms in total. The van der Waals surface area contributed by atoms with Gasteiger partial charge in [0.05, 0.1) is 11.3 Å². The van der Waals surface area contributed by atoms with Crippen LogP contribution in [0.2, 0.25) is 5.02 Å². The fourth-order valence-electron chi connectivity index (χ4n) is 3.55. The van der Waals surface area contributed by atoms with Crippen LogP contribution in [0.1, 0.15) is 15.9 Å². The van der Waals surface area contributed by atoms with Crippen molar-refractivity contribution >= 4 is 52.6 Å². The molecule has 2 amide bonds. The summed E-state index contributed by atoms with van der Waals surface area (Å²) in [5, 5.41) is 3.69. The number of thioether (sulfide) groups is 2. The number of hydrogen-bond donors (Lipinski definition) is 1. The Hall–Kier alpha value is -2.41. The van der Waals surface area contributed by atoms with Gasteiger partial charge >= 0.3 is 0 Å². The molecule has 0 spiro atoms. The Bertz CT molecular complexity index is 1110. The Morgan fingerprint density at radius 2 is 1.69 bits per heavy atom. The average Bonchev–Trinajstić information content (AvgIpc) is 3.26. The summed E-state index contributed by atoms with van der Waals surface area (Å²) in [5.74, 6) is 0.999. The Balaban J connectivity index is 1.30. The molecule has 4 rings (SSSR count). The van der Waals surface area contributed by atoms with Gasteiger partial charge < -0.3 is 10.2 Å². The van der Waals surface area contributed by atoms with Crippen molar-refractivity contribution in [3.05, 3.63) is 88.9 Å². The van der Waals surface area contributed by atoms with Crippen molar-refractivity contribution in [2.24, 2.45) is 0 Å². The third-order valence-electron chi connectivity index (χ3n) is 5.14. The van der Waals surface area contributed by atoms with Crippen molar-refractivity contribution in [2.45, 2.75) is 16.2 Å². The van der Waals surface area contributed by atoms with Gasteiger partial charge in [-0.15, -0.1) is 23.5 Å². The summed E-state index contributed by atoms with van der Waals surface area (Å²) in [6, 6.07) is 23.1. The molecule has 0 bridgehead atoms. The summed E-state index contributed by atoms with van der Waals surface area (Å²) in [5.41, 5.74) is 2.81. The zero-order valence-electron chi connectivity index (χ0n) is 17.4. The van der Waals surface area contributed by atoms with Crippen LogP contribution in [0.3, 0.4) is 0 Å². The summed E-state index contributed by atoms with van der Waals surface area (Å²) in [4.78, 5) is 29.3. The highest BCUT2D eigenvalue weighted by atomic mass is 35.5. The fourth-order valence-corrected chi connectivity index (χ4v) is 5.37. The monoisotopic (exact) mass is 482 g/mol. The Kier molecular flexibility index (Phi) is 7.79. The van der Waals surface area contributed by atoms with E-state index in [-0.39, 0.29) is 11.8 Å². The van der Waals surface area contributed by atoms with E-state index in [2.05, 4.69) is 11.4 Å². The lowest BCUT2D eigenvalue weighted by molar-refractivity contribution is -0.116. The molecule has 7 heteroatoms. The predicted molar refractivity (Wildman–Crippen MR) is 134 cm³/mol. The van der Waals surface area contributed by atoms with Crippen LogP contribution in [-0.2, 0) is 11.2 Å². The van der Waals surface area contributed by atoms with Crippen molar-refractivity contribution in [3.63, 3.8) is 0 Å². The molecule has 0 atom stereocenters. The zero-order valence-corrected chi connectivity index (χ0v) is 19.8. The summed E-state index contributed by atoms with van der Waals surface area (Å²) < 4.78 is 0. The molecular weight excluding hydrogens is 460 g/mol. The standard InChI is InChI=1S/C25H23ClN2O2S2/c26-19-9-11-20(12-10-19)31-16-14-27-25(30)21-6-2-4-8-23(21)32-17-24(29)28-15-13-18-5-1-3-7-22(18)28/h1-12H,13-17H2,(H,27,30). The van der Waals surface area contributed by atoms with E-state index in [1.54, 1.807) is 17.8 Å². The van der Waals surface area contributed by atoms with Crippen molar-refractivity contribution in [3.8, 4) is 0 Å². The molecule has 0 radical (unpaired) electrons. The molecule has 3 aromatic carbocycles. The molecular formula is C25H23ClN2O2S2. The first-order valence-corrected chi connectivity index (χ1v) is 12.7. The molecule has 0 fully saturated rings. The second-order valence-corrected chi connectivity index (χ2v) is 9.89. The lowest BCUT2D eigenvalue weighted by Crippen LogP contribution is -2.30. The first-order valence-electron chi connectivity index (χ1n) is 10.4. The van der Waals surface area contributed by atoms with E-state index in [4.69, 9.17) is 11.6 Å². The molecule has 0 aliphatic carbocycles. The van der Waals surface area contributed by atoms with E-state index in [0.717, 1.165) is 27.7 Å². The van der Waals surface area contributed by atoms with E-state index in [9.17, 15) is 9.59 Å². The maximum absolute atomic E-state index is 12.8. The largest absolute Gasteiger partial charge is 0.351 e. The molecule has 0 saturated heterocycles. The van der Waals surface area contributed by atoms with Crippen LogP contribution in [-0.4, -0.2) is 36.4 Å². The van der Waals surface area contributed by atoms with Crippen LogP contribution in [0.4, 0.5) is 5.69 Å². The summed E-state index contributed by atoms with van der Waals surface area (Å²) in [6.07, 6.45) is 0.888. The smallest absolute Gasteiger partial charge is 0.252 e. The highest BCUT2D eigenvalue weighted by molar-refractivity contribution is 8.00. The highest BCUT2D eigenvalue weighted by Gasteiger charge is 2.24. The topological polar surface area (TPSA) is 49.4 Å². The maximum atomic E-state index is 12.8. The van der Waals surface area contributed by atoms with Crippen molar-refractivity contribution in [2.75, 3.05) is 29.5 Å². The number of amides is 2.